The number of halogens is 1. The van der Waals surface area contributed by atoms with Crippen LogP contribution in [0.3, 0.4) is 0 Å². The van der Waals surface area contributed by atoms with Crippen LogP contribution in [-0.2, 0) is 22.6 Å². The third-order valence-electron chi connectivity index (χ3n) is 6.38. The lowest BCUT2D eigenvalue weighted by molar-refractivity contribution is -0.146. The summed E-state index contributed by atoms with van der Waals surface area (Å²) in [4.78, 5) is 30.8. The first-order valence-electron chi connectivity index (χ1n) is 10.6. The minimum atomic E-state index is -0.573. The van der Waals surface area contributed by atoms with Crippen molar-refractivity contribution in [1.29, 1.82) is 0 Å². The molecule has 2 aliphatic rings. The van der Waals surface area contributed by atoms with E-state index < -0.39 is 12.1 Å². The molecule has 3 atom stereocenters. The quantitative estimate of drug-likeness (QED) is 0.593. The molecule has 2 aliphatic heterocycles. The Morgan fingerprint density at radius 2 is 2.00 bits per heavy atom. The molecule has 31 heavy (non-hydrogen) atoms. The number of piperazine rings is 1. The van der Waals surface area contributed by atoms with Gasteiger partial charge in [0.2, 0.25) is 11.8 Å². The summed E-state index contributed by atoms with van der Waals surface area (Å²) in [6.07, 6.45) is 2.89. The first kappa shape index (κ1) is 19.8. The molecule has 0 spiro atoms. The van der Waals surface area contributed by atoms with Crippen molar-refractivity contribution in [3.8, 4) is 0 Å². The molecule has 2 amide bonds. The molecule has 2 saturated heterocycles. The molecule has 5 rings (SSSR count). The summed E-state index contributed by atoms with van der Waals surface area (Å²) in [5, 5.41) is 7.31. The number of H-pyrrole nitrogens is 1. The van der Waals surface area contributed by atoms with Gasteiger partial charge in [-0.3, -0.25) is 9.59 Å². The number of nitrogens with zero attached hydrogens (tertiary/aromatic N) is 1. The highest BCUT2D eigenvalue weighted by Gasteiger charge is 2.46. The normalized spacial score (nSPS) is 23.3. The first-order valence-corrected chi connectivity index (χ1v) is 10.6. The second-order valence-corrected chi connectivity index (χ2v) is 8.54. The van der Waals surface area contributed by atoms with E-state index in [1.54, 1.807) is 11.0 Å². The molecule has 6 nitrogen and oxygen atoms in total. The number of carbonyl (C=O) groups is 2. The Labute approximate surface area is 179 Å². The molecule has 7 heteroatoms. The molecule has 0 bridgehead atoms. The second-order valence-electron chi connectivity index (χ2n) is 8.54. The van der Waals surface area contributed by atoms with E-state index in [2.05, 4.69) is 15.6 Å². The maximum atomic E-state index is 14.0. The van der Waals surface area contributed by atoms with Crippen molar-refractivity contribution in [2.75, 3.05) is 6.54 Å². The van der Waals surface area contributed by atoms with Gasteiger partial charge >= 0.3 is 0 Å². The first-order chi connectivity index (χ1) is 15.0. The average Bonchev–Trinajstić information content (AvgIpc) is 3.38. The Bertz CT molecular complexity index is 1160. The Hall–Kier alpha value is -3.19. The number of carbonyl (C=O) groups excluding carboxylic acids is 2. The zero-order chi connectivity index (χ0) is 21.5. The number of nitrogens with one attached hydrogen (secondary N) is 3. The number of hydrogen-bond donors (Lipinski definition) is 3. The number of aromatic amines is 1. The number of benzene rings is 2. The zero-order valence-electron chi connectivity index (χ0n) is 17.3. The molecule has 2 fully saturated rings. The van der Waals surface area contributed by atoms with Gasteiger partial charge in [0.25, 0.3) is 0 Å². The third kappa shape index (κ3) is 3.70. The van der Waals surface area contributed by atoms with Crippen molar-refractivity contribution in [2.45, 2.75) is 44.4 Å². The van der Waals surface area contributed by atoms with Crippen LogP contribution in [0, 0.1) is 12.7 Å². The van der Waals surface area contributed by atoms with Gasteiger partial charge in [-0.1, -0.05) is 35.9 Å². The SMILES string of the molecule is Cc1ccc(F)c(CN[C@H]2C[C@H]3C(=O)N[C@@H](Cc4c[nH]c5ccccc45)C(=O)N3C2)c1. The van der Waals surface area contributed by atoms with Crippen LogP contribution in [0.15, 0.2) is 48.7 Å². The Morgan fingerprint density at radius 1 is 1.16 bits per heavy atom. The molecule has 3 heterocycles. The monoisotopic (exact) mass is 420 g/mol. The largest absolute Gasteiger partial charge is 0.361 e. The van der Waals surface area contributed by atoms with Crippen LogP contribution in [0.2, 0.25) is 0 Å². The van der Waals surface area contributed by atoms with Crippen molar-refractivity contribution in [2.24, 2.45) is 0 Å². The van der Waals surface area contributed by atoms with Crippen molar-refractivity contribution >= 4 is 22.7 Å². The summed E-state index contributed by atoms with van der Waals surface area (Å²) in [6.45, 7) is 2.75. The molecule has 0 saturated carbocycles. The van der Waals surface area contributed by atoms with Gasteiger partial charge in [0.15, 0.2) is 0 Å². The topological polar surface area (TPSA) is 77.2 Å². The van der Waals surface area contributed by atoms with Gasteiger partial charge in [0.05, 0.1) is 0 Å². The van der Waals surface area contributed by atoms with Gasteiger partial charge < -0.3 is 20.5 Å². The van der Waals surface area contributed by atoms with E-state index in [4.69, 9.17) is 0 Å². The molecular formula is C24H25FN4O2. The average molecular weight is 420 g/mol. The fraction of sp³-hybridized carbons (Fsp3) is 0.333. The van der Waals surface area contributed by atoms with Gasteiger partial charge in [-0.15, -0.1) is 0 Å². The lowest BCUT2D eigenvalue weighted by Gasteiger charge is -2.34. The summed E-state index contributed by atoms with van der Waals surface area (Å²) >= 11 is 0. The van der Waals surface area contributed by atoms with Crippen molar-refractivity contribution in [3.63, 3.8) is 0 Å². The zero-order valence-corrected chi connectivity index (χ0v) is 17.3. The van der Waals surface area contributed by atoms with Gasteiger partial charge in [0, 0.05) is 48.2 Å². The minimum Gasteiger partial charge on any atom is -0.361 e. The van der Waals surface area contributed by atoms with Gasteiger partial charge in [-0.2, -0.15) is 0 Å². The maximum Gasteiger partial charge on any atom is 0.246 e. The van der Waals surface area contributed by atoms with E-state index in [1.807, 2.05) is 43.5 Å². The van der Waals surface area contributed by atoms with Crippen molar-refractivity contribution < 1.29 is 14.0 Å². The van der Waals surface area contributed by atoms with Crippen molar-refractivity contribution in [1.82, 2.24) is 20.5 Å². The van der Waals surface area contributed by atoms with Crippen LogP contribution in [0.1, 0.15) is 23.1 Å². The van der Waals surface area contributed by atoms with E-state index in [-0.39, 0.29) is 23.7 Å². The lowest BCUT2D eigenvalue weighted by Crippen LogP contribution is -2.61. The van der Waals surface area contributed by atoms with Crippen molar-refractivity contribution in [3.05, 3.63) is 71.2 Å². The van der Waals surface area contributed by atoms with E-state index >= 15 is 0 Å². The molecule has 3 aromatic rings. The number of fused-ring (bicyclic) bond motifs is 2. The van der Waals surface area contributed by atoms with Crippen LogP contribution < -0.4 is 10.6 Å². The summed E-state index contributed by atoms with van der Waals surface area (Å²) in [6, 6.07) is 11.9. The Morgan fingerprint density at radius 3 is 2.87 bits per heavy atom. The summed E-state index contributed by atoms with van der Waals surface area (Å²) in [7, 11) is 0. The predicted molar refractivity (Wildman–Crippen MR) is 116 cm³/mol. The van der Waals surface area contributed by atoms with E-state index in [9.17, 15) is 14.0 Å². The molecule has 3 N–H and O–H groups in total. The summed E-state index contributed by atoms with van der Waals surface area (Å²) < 4.78 is 14.0. The van der Waals surface area contributed by atoms with Crippen LogP contribution in [0.5, 0.6) is 0 Å². The highest BCUT2D eigenvalue weighted by Crippen LogP contribution is 2.26. The van der Waals surface area contributed by atoms with E-state index in [1.165, 1.54) is 6.07 Å². The van der Waals surface area contributed by atoms with Gasteiger partial charge in [-0.25, -0.2) is 4.39 Å². The molecular weight excluding hydrogens is 395 g/mol. The molecule has 2 aromatic carbocycles. The summed E-state index contributed by atoms with van der Waals surface area (Å²) in [5.41, 5.74) is 3.62. The number of rotatable bonds is 5. The van der Waals surface area contributed by atoms with E-state index in [0.717, 1.165) is 22.0 Å². The third-order valence-corrected chi connectivity index (χ3v) is 6.38. The minimum absolute atomic E-state index is 0.0496. The summed E-state index contributed by atoms with van der Waals surface area (Å²) in [5.74, 6) is -0.419. The number of para-hydroxylation sites is 1. The predicted octanol–water partition coefficient (Wildman–Crippen LogP) is 2.42. The second kappa shape index (κ2) is 7.81. The Kier molecular flexibility index (Phi) is 4.98. The van der Waals surface area contributed by atoms with E-state index in [0.29, 0.717) is 31.5 Å². The molecule has 0 unspecified atom stereocenters. The number of amides is 2. The number of hydrogen-bond acceptors (Lipinski definition) is 3. The van der Waals surface area contributed by atoms with Crippen LogP contribution >= 0.6 is 0 Å². The lowest BCUT2D eigenvalue weighted by atomic mass is 10.0. The molecule has 0 aliphatic carbocycles. The molecule has 0 radical (unpaired) electrons. The fourth-order valence-electron chi connectivity index (χ4n) is 4.76. The molecule has 1 aromatic heterocycles. The smallest absolute Gasteiger partial charge is 0.246 e. The maximum absolute atomic E-state index is 14.0. The van der Waals surface area contributed by atoms with Gasteiger partial charge in [-0.05, 0) is 31.0 Å². The molecule has 160 valence electrons. The van der Waals surface area contributed by atoms with Crippen LogP contribution in [-0.4, -0.2) is 46.4 Å². The number of aryl methyl sites for hydroxylation is 1. The fourth-order valence-corrected chi connectivity index (χ4v) is 4.76. The number of aromatic nitrogens is 1. The standard InChI is InChI=1S/C24H25FN4O2/c1-14-6-7-19(25)16(8-14)12-26-17-10-22-23(30)28-21(24(31)29(22)13-17)9-15-11-27-20-5-3-2-4-18(15)20/h2-8,11,17,21-22,26-27H,9-10,12-13H2,1H3,(H,28,30)/t17-,21-,22-/m0/s1. The highest BCUT2D eigenvalue weighted by molar-refractivity contribution is 5.98. The van der Waals surface area contributed by atoms with Crippen LogP contribution in [0.4, 0.5) is 4.39 Å². The van der Waals surface area contributed by atoms with Gasteiger partial charge in [0.1, 0.15) is 17.9 Å². The highest BCUT2D eigenvalue weighted by atomic mass is 19.1. The van der Waals surface area contributed by atoms with Crippen LogP contribution in [0.25, 0.3) is 10.9 Å². The Balaban J connectivity index is 1.27.